The van der Waals surface area contributed by atoms with Crippen LogP contribution in [0.1, 0.15) is 59.8 Å². The Hall–Kier alpha value is -4.15. The number of aromatic nitrogens is 5. The van der Waals surface area contributed by atoms with Gasteiger partial charge < -0.3 is 24.8 Å². The minimum atomic E-state index is -1.20. The van der Waals surface area contributed by atoms with Gasteiger partial charge in [0.15, 0.2) is 11.5 Å². The summed E-state index contributed by atoms with van der Waals surface area (Å²) < 4.78 is 6.76. The van der Waals surface area contributed by atoms with Crippen LogP contribution in [0.5, 0.6) is 0 Å². The van der Waals surface area contributed by atoms with E-state index < -0.39 is 17.9 Å². The maximum atomic E-state index is 13.5. The highest BCUT2D eigenvalue weighted by molar-refractivity contribution is 5.96. The lowest BCUT2D eigenvalue weighted by Gasteiger charge is -2.23. The van der Waals surface area contributed by atoms with Crippen molar-refractivity contribution in [1.29, 1.82) is 0 Å². The van der Waals surface area contributed by atoms with Gasteiger partial charge in [-0.15, -0.1) is 0 Å². The molecule has 4 aromatic rings. The molecule has 34 heavy (non-hydrogen) atoms. The summed E-state index contributed by atoms with van der Waals surface area (Å²) in [6.07, 6.45) is 9.56. The van der Waals surface area contributed by atoms with Crippen LogP contribution >= 0.6 is 0 Å². The molecule has 1 aliphatic rings. The molecule has 5 rings (SSSR count). The Balaban J connectivity index is 1.51. The van der Waals surface area contributed by atoms with Crippen LogP contribution in [0.4, 0.5) is 0 Å². The normalized spacial score (nSPS) is 15.4. The van der Waals surface area contributed by atoms with E-state index in [1.54, 1.807) is 24.6 Å². The van der Waals surface area contributed by atoms with Crippen molar-refractivity contribution < 1.29 is 19.1 Å². The number of rotatable bonds is 7. The predicted molar refractivity (Wildman–Crippen MR) is 121 cm³/mol. The number of amides is 1. The maximum absolute atomic E-state index is 13.5. The van der Waals surface area contributed by atoms with Gasteiger partial charge in [0.25, 0.3) is 11.5 Å². The van der Waals surface area contributed by atoms with Crippen molar-refractivity contribution in [2.75, 3.05) is 0 Å². The Kier molecular flexibility index (Phi) is 5.74. The molecule has 0 unspecified atom stereocenters. The number of fused-ring (bicyclic) bond motifs is 1. The number of hydrogen-bond donors (Lipinski definition) is 4. The fourth-order valence-corrected chi connectivity index (χ4v) is 4.58. The zero-order valence-corrected chi connectivity index (χ0v) is 18.3. The molecule has 4 heterocycles. The van der Waals surface area contributed by atoms with E-state index in [-0.39, 0.29) is 23.6 Å². The topological polar surface area (TPSA) is 158 Å². The molecular weight excluding hydrogens is 440 g/mol. The first-order chi connectivity index (χ1) is 16.5. The summed E-state index contributed by atoms with van der Waals surface area (Å²) in [5, 5.41) is 16.2. The van der Waals surface area contributed by atoms with E-state index in [1.807, 2.05) is 0 Å². The van der Waals surface area contributed by atoms with Gasteiger partial charge in [-0.25, -0.2) is 9.78 Å². The van der Waals surface area contributed by atoms with Crippen molar-refractivity contribution in [2.24, 2.45) is 0 Å². The minimum Gasteiger partial charge on any atom is -0.480 e. The van der Waals surface area contributed by atoms with Gasteiger partial charge in [0.05, 0.1) is 24.0 Å². The molecular formula is C23H24N6O5. The van der Waals surface area contributed by atoms with Crippen molar-refractivity contribution >= 4 is 17.5 Å². The quantitative estimate of drug-likeness (QED) is 0.327. The minimum absolute atomic E-state index is 0.00530. The van der Waals surface area contributed by atoms with Crippen molar-refractivity contribution in [3.05, 3.63) is 64.3 Å². The monoisotopic (exact) mass is 464 g/mol. The Morgan fingerprint density at radius 1 is 1.29 bits per heavy atom. The molecule has 0 bridgehead atoms. The predicted octanol–water partition coefficient (Wildman–Crippen LogP) is 2.48. The van der Waals surface area contributed by atoms with E-state index in [9.17, 15) is 19.5 Å². The molecule has 1 aliphatic carbocycles. The van der Waals surface area contributed by atoms with Crippen LogP contribution in [-0.2, 0) is 11.2 Å². The summed E-state index contributed by atoms with van der Waals surface area (Å²) in [5.41, 5.74) is 1.63. The number of aromatic amines is 2. The second-order valence-corrected chi connectivity index (χ2v) is 8.49. The van der Waals surface area contributed by atoms with Crippen LogP contribution in [0, 0.1) is 0 Å². The average Bonchev–Trinajstić information content (AvgIpc) is 3.60. The summed E-state index contributed by atoms with van der Waals surface area (Å²) in [7, 11) is 0. The van der Waals surface area contributed by atoms with Crippen molar-refractivity contribution in [3.63, 3.8) is 0 Å². The zero-order valence-electron chi connectivity index (χ0n) is 18.3. The van der Waals surface area contributed by atoms with Crippen LogP contribution in [0.15, 0.2) is 46.2 Å². The molecule has 1 fully saturated rings. The number of carbonyl (C=O) groups excluding carboxylic acids is 1. The van der Waals surface area contributed by atoms with Crippen LogP contribution < -0.4 is 10.9 Å². The van der Waals surface area contributed by atoms with Gasteiger partial charge >= 0.3 is 5.97 Å². The van der Waals surface area contributed by atoms with E-state index in [0.29, 0.717) is 28.4 Å². The highest BCUT2D eigenvalue weighted by Crippen LogP contribution is 2.35. The van der Waals surface area contributed by atoms with E-state index in [0.717, 1.165) is 32.1 Å². The SMILES string of the molecule is O=C(N[C@@H](Cc1c[nH]cn1)C(=O)O)c1cc2[nH]c(-c3ccco3)c(C3CCCCC3)c(=O)n2n1. The van der Waals surface area contributed by atoms with Crippen molar-refractivity contribution in [1.82, 2.24) is 29.9 Å². The summed E-state index contributed by atoms with van der Waals surface area (Å²) in [6, 6.07) is 3.77. The Labute approximate surface area is 193 Å². The van der Waals surface area contributed by atoms with E-state index in [4.69, 9.17) is 4.42 Å². The fourth-order valence-electron chi connectivity index (χ4n) is 4.58. The molecule has 1 saturated carbocycles. The molecule has 4 N–H and O–H groups in total. The number of hydrogen-bond acceptors (Lipinski definition) is 6. The second-order valence-electron chi connectivity index (χ2n) is 8.49. The van der Waals surface area contributed by atoms with Crippen LogP contribution in [0.2, 0.25) is 0 Å². The van der Waals surface area contributed by atoms with Gasteiger partial charge in [-0.1, -0.05) is 19.3 Å². The number of nitrogens with zero attached hydrogens (tertiary/aromatic N) is 3. The summed E-state index contributed by atoms with van der Waals surface area (Å²) in [4.78, 5) is 48.0. The van der Waals surface area contributed by atoms with Gasteiger partial charge in [0.2, 0.25) is 0 Å². The standard InChI is InChI=1S/C23H24N6O5/c30-21(26-16(23(32)33)9-14-11-24-12-25-14)15-10-18-27-20(17-7-4-8-34-17)19(22(31)29(18)28-15)13-5-2-1-3-6-13/h4,7-8,10-13,16,27H,1-3,5-6,9H2,(H,24,25)(H,26,30)(H,32,33)/t16-/m0/s1. The smallest absolute Gasteiger partial charge is 0.326 e. The van der Waals surface area contributed by atoms with E-state index in [2.05, 4.69) is 25.4 Å². The molecule has 11 nitrogen and oxygen atoms in total. The second kappa shape index (κ2) is 9.00. The van der Waals surface area contributed by atoms with Gasteiger partial charge in [0, 0.05) is 24.2 Å². The Morgan fingerprint density at radius 3 is 2.79 bits per heavy atom. The molecule has 0 saturated heterocycles. The van der Waals surface area contributed by atoms with Crippen molar-refractivity contribution in [3.8, 4) is 11.5 Å². The lowest BCUT2D eigenvalue weighted by atomic mass is 9.83. The number of H-pyrrole nitrogens is 2. The first kappa shape index (κ1) is 21.7. The molecule has 176 valence electrons. The molecule has 1 atom stereocenters. The molecule has 1 amide bonds. The van der Waals surface area contributed by atoms with Gasteiger partial charge in [-0.05, 0) is 30.9 Å². The third-order valence-electron chi connectivity index (χ3n) is 6.24. The summed E-state index contributed by atoms with van der Waals surface area (Å²) in [6.45, 7) is 0. The number of carboxylic acid groups (broad SMARTS) is 1. The average molecular weight is 464 g/mol. The molecule has 0 aromatic carbocycles. The Morgan fingerprint density at radius 2 is 2.12 bits per heavy atom. The van der Waals surface area contributed by atoms with E-state index in [1.165, 1.54) is 16.9 Å². The number of nitrogens with one attached hydrogen (secondary N) is 3. The van der Waals surface area contributed by atoms with Gasteiger partial charge in [-0.2, -0.15) is 9.61 Å². The van der Waals surface area contributed by atoms with E-state index >= 15 is 0 Å². The molecule has 0 spiro atoms. The third kappa shape index (κ3) is 4.12. The highest BCUT2D eigenvalue weighted by atomic mass is 16.4. The maximum Gasteiger partial charge on any atom is 0.326 e. The number of furan rings is 1. The van der Waals surface area contributed by atoms with Gasteiger partial charge in [0.1, 0.15) is 11.7 Å². The lowest BCUT2D eigenvalue weighted by molar-refractivity contribution is -0.139. The lowest BCUT2D eigenvalue weighted by Crippen LogP contribution is -2.42. The van der Waals surface area contributed by atoms with Gasteiger partial charge in [-0.3, -0.25) is 9.59 Å². The van der Waals surface area contributed by atoms with Crippen LogP contribution in [0.3, 0.4) is 0 Å². The fraction of sp³-hybridized carbons (Fsp3) is 0.348. The van der Waals surface area contributed by atoms with Crippen LogP contribution in [-0.4, -0.2) is 47.6 Å². The highest BCUT2D eigenvalue weighted by Gasteiger charge is 2.28. The first-order valence-corrected chi connectivity index (χ1v) is 11.2. The third-order valence-corrected chi connectivity index (χ3v) is 6.24. The number of carboxylic acids is 1. The number of carbonyl (C=O) groups is 2. The molecule has 11 heteroatoms. The number of aliphatic carboxylic acids is 1. The molecule has 0 radical (unpaired) electrons. The van der Waals surface area contributed by atoms with Crippen molar-refractivity contribution in [2.45, 2.75) is 50.5 Å². The first-order valence-electron chi connectivity index (χ1n) is 11.2. The Bertz CT molecular complexity index is 1360. The summed E-state index contributed by atoms with van der Waals surface area (Å²) in [5.74, 6) is -1.29. The summed E-state index contributed by atoms with van der Waals surface area (Å²) >= 11 is 0. The molecule has 4 aromatic heterocycles. The molecule has 0 aliphatic heterocycles. The largest absolute Gasteiger partial charge is 0.480 e. The zero-order chi connectivity index (χ0) is 23.7. The number of imidazole rings is 1. The van der Waals surface area contributed by atoms with Crippen LogP contribution in [0.25, 0.3) is 17.1 Å².